The van der Waals surface area contributed by atoms with Crippen LogP contribution in [0, 0.1) is 0 Å². The molecule has 5 nitrogen and oxygen atoms in total. The molecule has 0 aliphatic carbocycles. The number of ether oxygens (including phenoxy) is 2. The van der Waals surface area contributed by atoms with Gasteiger partial charge < -0.3 is 24.7 Å². The van der Waals surface area contributed by atoms with E-state index in [1.807, 2.05) is 36.4 Å². The van der Waals surface area contributed by atoms with Gasteiger partial charge in [0.25, 0.3) is 0 Å². The molecule has 1 atom stereocenters. The molecule has 0 saturated carbocycles. The Hall–Kier alpha value is -1.86. The van der Waals surface area contributed by atoms with Crippen LogP contribution in [0.1, 0.15) is 39.5 Å². The zero-order valence-electron chi connectivity index (χ0n) is 18.2. The molecule has 0 bridgehead atoms. The van der Waals surface area contributed by atoms with Crippen LogP contribution in [-0.2, 0) is 0 Å². The highest BCUT2D eigenvalue weighted by Crippen LogP contribution is 2.43. The Labute approximate surface area is 182 Å². The van der Waals surface area contributed by atoms with Gasteiger partial charge in [-0.3, -0.25) is 0 Å². The third kappa shape index (κ3) is 6.08. The molecule has 3 aromatic rings. The number of fused-ring (bicyclic) bond motifs is 3. The highest BCUT2D eigenvalue weighted by atomic mass is 32.2. The van der Waals surface area contributed by atoms with Crippen molar-refractivity contribution in [2.24, 2.45) is 0 Å². The predicted octanol–water partition coefficient (Wildman–Crippen LogP) is 5.26. The maximum atomic E-state index is 13.0. The second-order valence-corrected chi connectivity index (χ2v) is 8.91. The van der Waals surface area contributed by atoms with Gasteiger partial charge >= 0.3 is 0 Å². The van der Waals surface area contributed by atoms with E-state index in [4.69, 9.17) is 9.47 Å². The molecule has 1 heterocycles. The van der Waals surface area contributed by atoms with Gasteiger partial charge in [-0.25, -0.2) is 0 Å². The molecule has 3 rings (SSSR count). The number of hydrogen-bond donors (Lipinski definition) is 2. The monoisotopic (exact) mass is 430 g/mol. The molecular weight excluding hydrogens is 396 g/mol. The van der Waals surface area contributed by atoms with Crippen molar-refractivity contribution >= 4 is 30.9 Å². The average molecular weight is 431 g/mol. The average Bonchev–Trinajstić information content (AvgIpc) is 3.04. The van der Waals surface area contributed by atoms with Gasteiger partial charge in [0, 0.05) is 17.5 Å². The maximum Gasteiger partial charge on any atom is 0.184 e. The molecule has 0 amide bonds. The van der Waals surface area contributed by atoms with Gasteiger partial charge in [-0.2, -0.15) is 0 Å². The van der Waals surface area contributed by atoms with Crippen molar-refractivity contribution in [3.05, 3.63) is 36.4 Å². The molecule has 6 heteroatoms. The standard InChI is InChI=1S/C24H34N2O3S/c1-3-11-25-13-5-15-28-19-8-10-23-22(17-19)21-9-7-20(18-24(21)30(23)27)29-16-6-14-26-12-4-2/h7-10,17-18,25-26H,3-6,11-16H2,1-2H3. The molecule has 1 unspecified atom stereocenters. The van der Waals surface area contributed by atoms with Crippen LogP contribution >= 0.6 is 10.8 Å². The van der Waals surface area contributed by atoms with Gasteiger partial charge in [-0.05, 0) is 86.9 Å². The number of rotatable bonds is 14. The zero-order chi connectivity index (χ0) is 21.2. The van der Waals surface area contributed by atoms with E-state index >= 15 is 0 Å². The van der Waals surface area contributed by atoms with E-state index in [1.165, 1.54) is 0 Å². The van der Waals surface area contributed by atoms with Gasteiger partial charge in [0.15, 0.2) is 9.40 Å². The summed E-state index contributed by atoms with van der Waals surface area (Å²) in [5, 5.41) is 8.76. The molecule has 0 spiro atoms. The lowest BCUT2D eigenvalue weighted by Crippen LogP contribution is -2.18. The van der Waals surface area contributed by atoms with Crippen LogP contribution in [0.5, 0.6) is 11.5 Å². The van der Waals surface area contributed by atoms with Crippen molar-refractivity contribution < 1.29 is 14.0 Å². The van der Waals surface area contributed by atoms with E-state index in [1.54, 1.807) is 0 Å². The fraction of sp³-hybridized carbons (Fsp3) is 0.500. The van der Waals surface area contributed by atoms with Crippen molar-refractivity contribution in [3.8, 4) is 11.5 Å². The predicted molar refractivity (Wildman–Crippen MR) is 127 cm³/mol. The molecule has 0 aliphatic rings. The number of benzene rings is 2. The van der Waals surface area contributed by atoms with Crippen LogP contribution in [0.25, 0.3) is 20.2 Å². The first kappa shape index (κ1) is 22.8. The molecule has 0 saturated heterocycles. The molecule has 1 aromatic heterocycles. The van der Waals surface area contributed by atoms with E-state index in [0.717, 1.165) is 83.5 Å². The normalized spacial score (nSPS) is 12.0. The van der Waals surface area contributed by atoms with Gasteiger partial charge in [0.1, 0.15) is 11.5 Å². The number of hydrogen-bond acceptors (Lipinski definition) is 5. The summed E-state index contributed by atoms with van der Waals surface area (Å²) in [4.78, 5) is 0. The lowest BCUT2D eigenvalue weighted by Gasteiger charge is -2.07. The third-order valence-corrected chi connectivity index (χ3v) is 6.47. The van der Waals surface area contributed by atoms with E-state index in [0.29, 0.717) is 13.2 Å². The van der Waals surface area contributed by atoms with Crippen LogP contribution in [-0.4, -0.2) is 43.9 Å². The van der Waals surface area contributed by atoms with Crippen molar-refractivity contribution in [3.63, 3.8) is 0 Å². The summed E-state index contributed by atoms with van der Waals surface area (Å²) in [5.74, 6) is 1.61. The third-order valence-electron chi connectivity index (χ3n) is 4.98. The van der Waals surface area contributed by atoms with Crippen LogP contribution in [0.2, 0.25) is 0 Å². The first-order valence-corrected chi connectivity index (χ1v) is 12.3. The molecule has 2 N–H and O–H groups in total. The van der Waals surface area contributed by atoms with E-state index < -0.39 is 10.8 Å². The first-order valence-electron chi connectivity index (χ1n) is 11.1. The topological polar surface area (TPSA) is 65.6 Å². The Bertz CT molecular complexity index is 926. The quantitative estimate of drug-likeness (QED) is 0.270. The van der Waals surface area contributed by atoms with Crippen molar-refractivity contribution in [1.82, 2.24) is 10.6 Å². The Balaban J connectivity index is 1.63. The van der Waals surface area contributed by atoms with E-state index in [-0.39, 0.29) is 0 Å². The molecule has 0 fully saturated rings. The summed E-state index contributed by atoms with van der Waals surface area (Å²) in [5.41, 5.74) is 0. The van der Waals surface area contributed by atoms with Crippen molar-refractivity contribution in [2.45, 2.75) is 39.5 Å². The van der Waals surface area contributed by atoms with Gasteiger partial charge in [0.05, 0.1) is 18.6 Å². The second-order valence-electron chi connectivity index (χ2n) is 7.49. The fourth-order valence-electron chi connectivity index (χ4n) is 3.44. The molecule has 0 radical (unpaired) electrons. The number of thiophene rings is 1. The van der Waals surface area contributed by atoms with Crippen LogP contribution in [0.15, 0.2) is 36.4 Å². The maximum absolute atomic E-state index is 13.0. The van der Waals surface area contributed by atoms with Gasteiger partial charge in [-0.15, -0.1) is 0 Å². The lowest BCUT2D eigenvalue weighted by atomic mass is 10.1. The Morgan fingerprint density at radius 1 is 0.733 bits per heavy atom. The Morgan fingerprint density at radius 2 is 1.33 bits per heavy atom. The SMILES string of the molecule is CCCNCCCOc1ccc2c(c1)c1ccc(OCCCNCCC)cc1[s+]2[O-]. The summed E-state index contributed by atoms with van der Waals surface area (Å²) < 4.78 is 26.4. The minimum atomic E-state index is -1.17. The van der Waals surface area contributed by atoms with E-state index in [2.05, 4.69) is 24.5 Å². The minimum absolute atomic E-state index is 0.653. The molecule has 0 aliphatic heterocycles. The lowest BCUT2D eigenvalue weighted by molar-refractivity contribution is 0.308. The highest BCUT2D eigenvalue weighted by molar-refractivity contribution is 7.37. The van der Waals surface area contributed by atoms with Crippen LogP contribution < -0.4 is 20.1 Å². The van der Waals surface area contributed by atoms with Crippen molar-refractivity contribution in [2.75, 3.05) is 39.4 Å². The largest absolute Gasteiger partial charge is 0.590 e. The first-order chi connectivity index (χ1) is 14.7. The molecular formula is C24H34N2O3S. The summed E-state index contributed by atoms with van der Waals surface area (Å²) in [6.07, 6.45) is 4.20. The van der Waals surface area contributed by atoms with Gasteiger partial charge in [0.2, 0.25) is 0 Å². The summed E-state index contributed by atoms with van der Waals surface area (Å²) in [7, 11) is -1.17. The number of nitrogens with one attached hydrogen (secondary N) is 2. The fourth-order valence-corrected chi connectivity index (χ4v) is 4.83. The van der Waals surface area contributed by atoms with Crippen LogP contribution in [0.4, 0.5) is 0 Å². The Morgan fingerprint density at radius 3 is 1.97 bits per heavy atom. The summed E-state index contributed by atoms with van der Waals surface area (Å²) >= 11 is 0. The zero-order valence-corrected chi connectivity index (χ0v) is 19.0. The van der Waals surface area contributed by atoms with Crippen molar-refractivity contribution in [1.29, 1.82) is 0 Å². The van der Waals surface area contributed by atoms with E-state index in [9.17, 15) is 4.55 Å². The smallest absolute Gasteiger partial charge is 0.184 e. The van der Waals surface area contributed by atoms with Crippen LogP contribution in [0.3, 0.4) is 0 Å². The molecule has 164 valence electrons. The highest BCUT2D eigenvalue weighted by Gasteiger charge is 2.17. The minimum Gasteiger partial charge on any atom is -0.590 e. The summed E-state index contributed by atoms with van der Waals surface area (Å²) in [6.45, 7) is 9.65. The Kier molecular flexibility index (Phi) is 9.21. The summed E-state index contributed by atoms with van der Waals surface area (Å²) in [6, 6.07) is 11.8. The molecule has 30 heavy (non-hydrogen) atoms. The van der Waals surface area contributed by atoms with Gasteiger partial charge in [-0.1, -0.05) is 13.8 Å². The second kappa shape index (κ2) is 12.1. The molecule has 2 aromatic carbocycles.